The van der Waals surface area contributed by atoms with Gasteiger partial charge in [0.2, 0.25) is 0 Å². The summed E-state index contributed by atoms with van der Waals surface area (Å²) in [5.41, 5.74) is 3.73. The number of amides is 1. The van der Waals surface area contributed by atoms with Crippen molar-refractivity contribution in [3.63, 3.8) is 0 Å². The van der Waals surface area contributed by atoms with Gasteiger partial charge in [0.25, 0.3) is 0 Å². The predicted molar refractivity (Wildman–Crippen MR) is 97.2 cm³/mol. The maximum absolute atomic E-state index is 11.7. The van der Waals surface area contributed by atoms with E-state index < -0.39 is 11.7 Å². The number of benzene rings is 1. The molecule has 1 aromatic carbocycles. The predicted octanol–water partition coefficient (Wildman–Crippen LogP) is 5.01. The second-order valence-electron chi connectivity index (χ2n) is 6.86. The maximum Gasteiger partial charge on any atom is 0.412 e. The van der Waals surface area contributed by atoms with Gasteiger partial charge in [-0.05, 0) is 50.1 Å². The molecule has 0 saturated carbocycles. The number of anilines is 1. The molecule has 0 spiro atoms. The van der Waals surface area contributed by atoms with Gasteiger partial charge in [-0.25, -0.2) is 4.79 Å². The van der Waals surface area contributed by atoms with E-state index in [4.69, 9.17) is 4.74 Å². The number of unbranched alkanes of at least 4 members (excludes halogenated alkanes) is 2. The fraction of sp³-hybridized carbons (Fsp3) is 0.400. The lowest BCUT2D eigenvalue weighted by atomic mass is 9.92. The minimum Gasteiger partial charge on any atom is -0.438 e. The molecule has 1 aliphatic heterocycles. The van der Waals surface area contributed by atoms with Gasteiger partial charge < -0.3 is 9.30 Å². The van der Waals surface area contributed by atoms with E-state index in [9.17, 15) is 10.1 Å². The van der Waals surface area contributed by atoms with Gasteiger partial charge in [-0.2, -0.15) is 5.26 Å². The Labute approximate surface area is 148 Å². The first-order chi connectivity index (χ1) is 12.0. The van der Waals surface area contributed by atoms with Crippen molar-refractivity contribution in [2.24, 2.45) is 0 Å². The molecule has 0 bridgehead atoms. The number of cyclic esters (lactones) is 1. The third-order valence-electron chi connectivity index (χ3n) is 4.63. The van der Waals surface area contributed by atoms with Crippen LogP contribution in [0.5, 0.6) is 0 Å². The van der Waals surface area contributed by atoms with Gasteiger partial charge in [-0.3, -0.25) is 5.32 Å². The van der Waals surface area contributed by atoms with E-state index in [-0.39, 0.29) is 0 Å². The summed E-state index contributed by atoms with van der Waals surface area (Å²) in [6.45, 7) is 6.76. The van der Waals surface area contributed by atoms with Gasteiger partial charge in [0.05, 0.1) is 5.69 Å². The van der Waals surface area contributed by atoms with Gasteiger partial charge >= 0.3 is 6.09 Å². The molecule has 5 heteroatoms. The number of hydrogen-bond donors (Lipinski definition) is 1. The molecular formula is C20H23N3O2. The second kappa shape index (κ2) is 6.64. The molecule has 25 heavy (non-hydrogen) atoms. The summed E-state index contributed by atoms with van der Waals surface area (Å²) >= 11 is 0. The van der Waals surface area contributed by atoms with Gasteiger partial charge in [-0.1, -0.05) is 25.8 Å². The lowest BCUT2D eigenvalue weighted by Crippen LogP contribution is -2.34. The van der Waals surface area contributed by atoms with Crippen molar-refractivity contribution in [1.82, 2.24) is 4.57 Å². The van der Waals surface area contributed by atoms with Crippen molar-refractivity contribution in [2.75, 3.05) is 5.32 Å². The van der Waals surface area contributed by atoms with Gasteiger partial charge in [-0.15, -0.1) is 0 Å². The minimum absolute atomic E-state index is 0.431. The number of aromatic nitrogens is 1. The molecule has 5 nitrogen and oxygen atoms in total. The molecule has 2 aromatic rings. The van der Waals surface area contributed by atoms with Crippen molar-refractivity contribution in [1.29, 1.82) is 5.26 Å². The molecule has 3 rings (SSSR count). The van der Waals surface area contributed by atoms with E-state index in [1.165, 1.54) is 0 Å². The Hall–Kier alpha value is -2.74. The van der Waals surface area contributed by atoms with Crippen LogP contribution in [0.2, 0.25) is 0 Å². The van der Waals surface area contributed by atoms with E-state index in [1.54, 1.807) is 0 Å². The average Bonchev–Trinajstić information content (AvgIpc) is 2.97. The Morgan fingerprint density at radius 3 is 2.76 bits per heavy atom. The van der Waals surface area contributed by atoms with Crippen LogP contribution in [-0.2, 0) is 16.9 Å². The van der Waals surface area contributed by atoms with Crippen LogP contribution in [0.25, 0.3) is 11.3 Å². The number of nitriles is 1. The van der Waals surface area contributed by atoms with Crippen LogP contribution >= 0.6 is 0 Å². The van der Waals surface area contributed by atoms with E-state index >= 15 is 0 Å². The van der Waals surface area contributed by atoms with E-state index in [0.717, 1.165) is 48.3 Å². The summed E-state index contributed by atoms with van der Waals surface area (Å²) in [5.74, 6) is 0. The average molecular weight is 337 g/mol. The molecule has 2 heterocycles. The number of carbonyl (C=O) groups is 1. The Bertz CT molecular complexity index is 843. The van der Waals surface area contributed by atoms with Crippen LogP contribution in [0.4, 0.5) is 10.5 Å². The third-order valence-corrected chi connectivity index (χ3v) is 4.63. The van der Waals surface area contributed by atoms with Crippen LogP contribution in [-0.4, -0.2) is 10.7 Å². The first-order valence-electron chi connectivity index (χ1n) is 8.71. The van der Waals surface area contributed by atoms with Gasteiger partial charge in [0, 0.05) is 17.8 Å². The maximum atomic E-state index is 11.7. The lowest BCUT2D eigenvalue weighted by Gasteiger charge is -2.32. The standard InChI is InChI=1S/C20H23N3O2/c1-4-5-6-11-23-15(13-21)8-10-18(23)14-7-9-17-16(12-14)20(2,3)25-19(24)22-17/h7-10,12H,4-6,11H2,1-3H3,(H,22,24). The Morgan fingerprint density at radius 2 is 2.04 bits per heavy atom. The summed E-state index contributed by atoms with van der Waals surface area (Å²) < 4.78 is 7.49. The first-order valence-corrected chi connectivity index (χ1v) is 8.71. The number of hydrogen-bond acceptors (Lipinski definition) is 3. The zero-order chi connectivity index (χ0) is 18.0. The van der Waals surface area contributed by atoms with Crippen LogP contribution < -0.4 is 5.32 Å². The van der Waals surface area contributed by atoms with Gasteiger partial charge in [0.1, 0.15) is 17.4 Å². The molecule has 0 atom stereocenters. The molecule has 1 aliphatic rings. The molecule has 1 aromatic heterocycles. The summed E-state index contributed by atoms with van der Waals surface area (Å²) in [6.07, 6.45) is 2.89. The molecule has 1 N–H and O–H groups in total. The van der Waals surface area contributed by atoms with E-state index in [2.05, 4.69) is 22.9 Å². The SMILES string of the molecule is CCCCCn1c(C#N)ccc1-c1ccc2c(c1)C(C)(C)OC(=O)N2. The van der Waals surface area contributed by atoms with E-state index in [0.29, 0.717) is 5.69 Å². The summed E-state index contributed by atoms with van der Waals surface area (Å²) in [6, 6.07) is 12.1. The highest BCUT2D eigenvalue weighted by atomic mass is 16.6. The number of nitrogens with zero attached hydrogens (tertiary/aromatic N) is 2. The third kappa shape index (κ3) is 3.25. The molecule has 0 saturated heterocycles. The first kappa shape index (κ1) is 17.1. The van der Waals surface area contributed by atoms with E-state index in [1.807, 2.05) is 44.2 Å². The smallest absolute Gasteiger partial charge is 0.412 e. The Morgan fingerprint density at radius 1 is 1.24 bits per heavy atom. The van der Waals surface area contributed by atoms with Gasteiger partial charge in [0.15, 0.2) is 0 Å². The summed E-state index contributed by atoms with van der Waals surface area (Å²) in [7, 11) is 0. The number of nitrogens with one attached hydrogen (secondary N) is 1. The number of rotatable bonds is 5. The highest BCUT2D eigenvalue weighted by molar-refractivity contribution is 5.89. The molecule has 0 unspecified atom stereocenters. The highest BCUT2D eigenvalue weighted by Gasteiger charge is 2.33. The van der Waals surface area contributed by atoms with Crippen LogP contribution in [0, 0.1) is 11.3 Å². The fourth-order valence-electron chi connectivity index (χ4n) is 3.31. The normalized spacial score (nSPS) is 15.0. The van der Waals surface area contributed by atoms with Crippen LogP contribution in [0.1, 0.15) is 51.3 Å². The molecular weight excluding hydrogens is 314 g/mol. The molecule has 130 valence electrons. The Kier molecular flexibility index (Phi) is 4.54. The molecule has 0 fully saturated rings. The van der Waals surface area contributed by atoms with Crippen molar-refractivity contribution >= 4 is 11.8 Å². The fourth-order valence-corrected chi connectivity index (χ4v) is 3.31. The number of ether oxygens (including phenoxy) is 1. The largest absolute Gasteiger partial charge is 0.438 e. The monoisotopic (exact) mass is 337 g/mol. The highest BCUT2D eigenvalue weighted by Crippen LogP contribution is 2.38. The van der Waals surface area contributed by atoms with Crippen LogP contribution in [0.3, 0.4) is 0 Å². The van der Waals surface area contributed by atoms with Crippen LogP contribution in [0.15, 0.2) is 30.3 Å². The minimum atomic E-state index is -0.689. The zero-order valence-electron chi connectivity index (χ0n) is 14.9. The van der Waals surface area contributed by atoms with Crippen molar-refractivity contribution < 1.29 is 9.53 Å². The summed E-state index contributed by atoms with van der Waals surface area (Å²) in [4.78, 5) is 11.7. The van der Waals surface area contributed by atoms with Crippen molar-refractivity contribution in [3.05, 3.63) is 41.6 Å². The topological polar surface area (TPSA) is 67.0 Å². The molecule has 1 amide bonds. The van der Waals surface area contributed by atoms with Crippen molar-refractivity contribution in [3.8, 4) is 17.3 Å². The number of carbonyl (C=O) groups excluding carboxylic acids is 1. The Balaban J connectivity index is 2.02. The lowest BCUT2D eigenvalue weighted by molar-refractivity contribution is 0.0421. The quantitative estimate of drug-likeness (QED) is 0.779. The number of fused-ring (bicyclic) bond motifs is 1. The van der Waals surface area contributed by atoms with Crippen molar-refractivity contribution in [2.45, 2.75) is 52.2 Å². The second-order valence-corrected chi connectivity index (χ2v) is 6.86. The zero-order valence-corrected chi connectivity index (χ0v) is 14.9. The summed E-state index contributed by atoms with van der Waals surface area (Å²) in [5, 5.41) is 12.1. The molecule has 0 radical (unpaired) electrons. The molecule has 0 aliphatic carbocycles.